The smallest absolute Gasteiger partial charge is 0.299 e. The molecule has 1 aliphatic heterocycles. The Morgan fingerprint density at radius 2 is 1.43 bits per heavy atom. The number of nitrogens with zero attached hydrogens (tertiary/aromatic N) is 5. The topological polar surface area (TPSA) is 134 Å². The van der Waals surface area contributed by atoms with Crippen molar-refractivity contribution < 1.29 is 9.85 Å². The van der Waals surface area contributed by atoms with Gasteiger partial charge in [-0.2, -0.15) is 0 Å². The van der Waals surface area contributed by atoms with E-state index >= 15 is 0 Å². The number of benzene rings is 1. The fourth-order valence-corrected chi connectivity index (χ4v) is 2.40. The first kappa shape index (κ1) is 14.4. The van der Waals surface area contributed by atoms with Crippen molar-refractivity contribution in [3.8, 4) is 0 Å². The molecule has 0 radical (unpaired) electrons. The first-order valence-corrected chi connectivity index (χ1v) is 6.37. The Bertz CT molecular complexity index is 907. The SMILES string of the molecule is O=c1ccc(=O)n2n1CN(c1ccc([N+](=O)[O-])cc1[N+](=O)[O-])C2. The molecule has 0 aliphatic carbocycles. The van der Waals surface area contributed by atoms with Gasteiger partial charge in [-0.3, -0.25) is 29.8 Å². The largest absolute Gasteiger partial charge is 0.327 e. The van der Waals surface area contributed by atoms with Gasteiger partial charge in [0.15, 0.2) is 0 Å². The molecule has 0 atom stereocenters. The minimum atomic E-state index is -0.739. The van der Waals surface area contributed by atoms with Crippen LogP contribution in [0.3, 0.4) is 0 Å². The van der Waals surface area contributed by atoms with E-state index in [-0.39, 0.29) is 19.0 Å². The Morgan fingerprint density at radius 3 is 1.91 bits per heavy atom. The molecule has 1 aromatic carbocycles. The zero-order chi connectivity index (χ0) is 16.7. The summed E-state index contributed by atoms with van der Waals surface area (Å²) in [7, 11) is 0. The first-order chi connectivity index (χ1) is 10.9. The summed E-state index contributed by atoms with van der Waals surface area (Å²) in [6.45, 7) is -0.124. The maximum Gasteiger partial charge on any atom is 0.299 e. The standard InChI is InChI=1S/C12H9N5O6/c18-11-3-4-12(19)15-7-13(6-14(11)15)9-2-1-8(16(20)21)5-10(9)17(22)23/h1-5H,6-7H2. The number of fused-ring (bicyclic) bond motifs is 1. The lowest BCUT2D eigenvalue weighted by Gasteiger charge is -2.15. The van der Waals surface area contributed by atoms with Gasteiger partial charge in [0.05, 0.1) is 15.9 Å². The molecule has 1 aliphatic rings. The predicted octanol–water partition coefficient (Wildman–Crippen LogP) is 0.262. The normalized spacial score (nSPS) is 13.0. The van der Waals surface area contributed by atoms with E-state index < -0.39 is 32.3 Å². The molecule has 0 bridgehead atoms. The van der Waals surface area contributed by atoms with E-state index in [2.05, 4.69) is 0 Å². The van der Waals surface area contributed by atoms with E-state index in [0.717, 1.165) is 33.6 Å². The summed E-state index contributed by atoms with van der Waals surface area (Å²) in [5.41, 5.74) is -1.62. The van der Waals surface area contributed by atoms with Crippen LogP contribution in [-0.2, 0) is 13.3 Å². The lowest BCUT2D eigenvalue weighted by atomic mass is 10.2. The van der Waals surface area contributed by atoms with Gasteiger partial charge >= 0.3 is 0 Å². The van der Waals surface area contributed by atoms with Crippen molar-refractivity contribution in [2.24, 2.45) is 0 Å². The van der Waals surface area contributed by atoms with Crippen molar-refractivity contribution in [3.63, 3.8) is 0 Å². The van der Waals surface area contributed by atoms with E-state index in [1.54, 1.807) is 0 Å². The van der Waals surface area contributed by atoms with Crippen LogP contribution >= 0.6 is 0 Å². The quantitative estimate of drug-likeness (QED) is 0.585. The number of non-ortho nitro benzene ring substituents is 1. The molecule has 11 heteroatoms. The number of hydrogen-bond donors (Lipinski definition) is 0. The van der Waals surface area contributed by atoms with Crippen LogP contribution in [0.4, 0.5) is 17.1 Å². The van der Waals surface area contributed by atoms with Crippen LogP contribution in [0, 0.1) is 20.2 Å². The molecule has 0 saturated heterocycles. The molecule has 1 aromatic heterocycles. The van der Waals surface area contributed by atoms with Gasteiger partial charge in [-0.1, -0.05) is 0 Å². The van der Waals surface area contributed by atoms with Crippen LogP contribution < -0.4 is 16.0 Å². The Morgan fingerprint density at radius 1 is 0.870 bits per heavy atom. The highest BCUT2D eigenvalue weighted by Gasteiger charge is 2.28. The zero-order valence-electron chi connectivity index (χ0n) is 11.5. The number of nitro benzene ring substituents is 2. The van der Waals surface area contributed by atoms with Gasteiger partial charge in [-0.25, -0.2) is 9.36 Å². The minimum Gasteiger partial charge on any atom is -0.327 e. The highest BCUT2D eigenvalue weighted by atomic mass is 16.6. The maximum atomic E-state index is 11.8. The van der Waals surface area contributed by atoms with Gasteiger partial charge in [-0.15, -0.1) is 0 Å². The third-order valence-electron chi connectivity index (χ3n) is 3.49. The summed E-state index contributed by atoms with van der Waals surface area (Å²) in [5.74, 6) is 0. The maximum absolute atomic E-state index is 11.8. The molecule has 3 rings (SSSR count). The zero-order valence-corrected chi connectivity index (χ0v) is 11.5. The molecule has 118 valence electrons. The van der Waals surface area contributed by atoms with Crippen LogP contribution in [0.5, 0.6) is 0 Å². The summed E-state index contributed by atoms with van der Waals surface area (Å²) in [6, 6.07) is 5.46. The molecule has 0 N–H and O–H groups in total. The monoisotopic (exact) mass is 319 g/mol. The van der Waals surface area contributed by atoms with Crippen LogP contribution in [0.15, 0.2) is 39.9 Å². The van der Waals surface area contributed by atoms with Crippen molar-refractivity contribution in [1.82, 2.24) is 9.36 Å². The van der Waals surface area contributed by atoms with Crippen LogP contribution in [0.25, 0.3) is 0 Å². The third kappa shape index (κ3) is 2.33. The lowest BCUT2D eigenvalue weighted by molar-refractivity contribution is -0.393. The van der Waals surface area contributed by atoms with E-state index in [4.69, 9.17) is 0 Å². The number of hydrogen-bond acceptors (Lipinski definition) is 7. The number of rotatable bonds is 3. The van der Waals surface area contributed by atoms with Gasteiger partial charge in [0.25, 0.3) is 22.5 Å². The minimum absolute atomic E-state index is 0.0619. The molecule has 0 fully saturated rings. The average molecular weight is 319 g/mol. The van der Waals surface area contributed by atoms with Gasteiger partial charge in [0.1, 0.15) is 19.0 Å². The van der Waals surface area contributed by atoms with Gasteiger partial charge in [-0.05, 0) is 6.07 Å². The number of anilines is 1. The van der Waals surface area contributed by atoms with Crippen LogP contribution in [0.2, 0.25) is 0 Å². The molecule has 0 amide bonds. The molecule has 2 aromatic rings. The molecular formula is C12H9N5O6. The number of nitro groups is 2. The van der Waals surface area contributed by atoms with Crippen molar-refractivity contribution in [2.45, 2.75) is 13.3 Å². The Balaban J connectivity index is 2.08. The molecule has 0 spiro atoms. The highest BCUT2D eigenvalue weighted by Crippen LogP contribution is 2.33. The second kappa shape index (κ2) is 5.05. The summed E-state index contributed by atoms with van der Waals surface area (Å²) in [6.07, 6.45) is 0. The van der Waals surface area contributed by atoms with Crippen molar-refractivity contribution >= 4 is 17.1 Å². The summed E-state index contributed by atoms with van der Waals surface area (Å²) in [4.78, 5) is 45.4. The van der Waals surface area contributed by atoms with Crippen molar-refractivity contribution in [3.05, 3.63) is 71.3 Å². The Labute approximate surface area is 126 Å². The molecule has 11 nitrogen and oxygen atoms in total. The second-order valence-electron chi connectivity index (χ2n) is 4.82. The third-order valence-corrected chi connectivity index (χ3v) is 3.49. The Hall–Kier alpha value is -3.50. The summed E-state index contributed by atoms with van der Waals surface area (Å²) < 4.78 is 2.29. The van der Waals surface area contributed by atoms with E-state index in [9.17, 15) is 29.8 Å². The second-order valence-corrected chi connectivity index (χ2v) is 4.82. The van der Waals surface area contributed by atoms with Crippen molar-refractivity contribution in [2.75, 3.05) is 4.90 Å². The molecule has 0 unspecified atom stereocenters. The van der Waals surface area contributed by atoms with Crippen LogP contribution in [-0.4, -0.2) is 19.2 Å². The first-order valence-electron chi connectivity index (χ1n) is 6.37. The predicted molar refractivity (Wildman–Crippen MR) is 77.2 cm³/mol. The summed E-state index contributed by atoms with van der Waals surface area (Å²) >= 11 is 0. The van der Waals surface area contributed by atoms with E-state index in [1.165, 1.54) is 11.0 Å². The molecule has 23 heavy (non-hydrogen) atoms. The van der Waals surface area contributed by atoms with Gasteiger partial charge in [0, 0.05) is 18.2 Å². The van der Waals surface area contributed by atoms with E-state index in [0.29, 0.717) is 0 Å². The molecule has 0 saturated carbocycles. The van der Waals surface area contributed by atoms with Gasteiger partial charge < -0.3 is 4.90 Å². The van der Waals surface area contributed by atoms with Gasteiger partial charge in [0.2, 0.25) is 0 Å². The van der Waals surface area contributed by atoms with Crippen molar-refractivity contribution in [1.29, 1.82) is 0 Å². The fourth-order valence-electron chi connectivity index (χ4n) is 2.40. The highest BCUT2D eigenvalue weighted by molar-refractivity contribution is 5.66. The summed E-state index contributed by atoms with van der Waals surface area (Å²) in [5, 5.41) is 21.9. The van der Waals surface area contributed by atoms with Crippen LogP contribution in [0.1, 0.15) is 0 Å². The average Bonchev–Trinajstić information content (AvgIpc) is 2.96. The lowest BCUT2D eigenvalue weighted by Crippen LogP contribution is -2.32. The van der Waals surface area contributed by atoms with E-state index in [1.807, 2.05) is 0 Å². The molecular weight excluding hydrogens is 310 g/mol. The number of aromatic nitrogens is 2. The fraction of sp³-hybridized carbons (Fsp3) is 0.167. The molecule has 2 heterocycles. The Kier molecular flexibility index (Phi) is 3.17.